The molecule has 1 saturated heterocycles. The number of methoxy groups -OCH3 is 1. The van der Waals surface area contributed by atoms with Crippen molar-refractivity contribution in [3.8, 4) is 0 Å². The maximum atomic E-state index is 11.7. The van der Waals surface area contributed by atoms with E-state index >= 15 is 0 Å². The molecule has 0 aromatic carbocycles. The summed E-state index contributed by atoms with van der Waals surface area (Å²) in [4.78, 5) is 11.7. The number of nitrogens with two attached hydrogens (primary N) is 1. The molecule has 5 heteroatoms. The van der Waals surface area contributed by atoms with Gasteiger partial charge in [-0.15, -0.1) is 0 Å². The predicted octanol–water partition coefficient (Wildman–Crippen LogP) is 1.14. The summed E-state index contributed by atoms with van der Waals surface area (Å²) in [5.41, 5.74) is 5.80. The Morgan fingerprint density at radius 1 is 1.59 bits per heavy atom. The van der Waals surface area contributed by atoms with Crippen molar-refractivity contribution in [3.05, 3.63) is 0 Å². The Morgan fingerprint density at radius 2 is 2.41 bits per heavy atom. The first kappa shape index (κ1) is 14.8. The number of nitrogens with one attached hydrogen (secondary N) is 1. The van der Waals surface area contributed by atoms with Gasteiger partial charge < -0.3 is 15.8 Å². The van der Waals surface area contributed by atoms with Crippen LogP contribution in [0, 0.1) is 0 Å². The van der Waals surface area contributed by atoms with E-state index in [0.29, 0.717) is 18.3 Å². The average Bonchev–Trinajstić information content (AvgIpc) is 2.37. The normalized spacial score (nSPS) is 22.1. The van der Waals surface area contributed by atoms with Crippen molar-refractivity contribution < 1.29 is 9.53 Å². The van der Waals surface area contributed by atoms with Crippen LogP contribution in [0.15, 0.2) is 0 Å². The van der Waals surface area contributed by atoms with Crippen molar-refractivity contribution in [3.63, 3.8) is 0 Å². The van der Waals surface area contributed by atoms with E-state index in [1.54, 1.807) is 7.11 Å². The monoisotopic (exact) mass is 260 g/mol. The van der Waals surface area contributed by atoms with Gasteiger partial charge in [-0.2, -0.15) is 11.8 Å². The van der Waals surface area contributed by atoms with Gasteiger partial charge >= 0.3 is 0 Å². The lowest BCUT2D eigenvalue weighted by Gasteiger charge is -2.22. The largest absolute Gasteiger partial charge is 0.385 e. The number of thioether (sulfide) groups is 1. The van der Waals surface area contributed by atoms with Crippen LogP contribution < -0.4 is 11.1 Å². The van der Waals surface area contributed by atoms with E-state index in [1.165, 1.54) is 25.0 Å². The molecule has 1 rings (SSSR count). The zero-order valence-corrected chi connectivity index (χ0v) is 11.4. The minimum absolute atomic E-state index is 0.0210. The number of hydrogen-bond donors (Lipinski definition) is 2. The molecule has 2 unspecified atom stereocenters. The summed E-state index contributed by atoms with van der Waals surface area (Å²) in [6.07, 6.45) is 5.34. The Morgan fingerprint density at radius 3 is 3.06 bits per heavy atom. The third-order valence-corrected chi connectivity index (χ3v) is 4.38. The zero-order valence-electron chi connectivity index (χ0n) is 10.6. The van der Waals surface area contributed by atoms with Crippen LogP contribution in [0.2, 0.25) is 0 Å². The lowest BCUT2D eigenvalue weighted by Crippen LogP contribution is -2.43. The number of amides is 1. The third-order valence-electron chi connectivity index (χ3n) is 2.98. The van der Waals surface area contributed by atoms with Gasteiger partial charge in [0.25, 0.3) is 0 Å². The lowest BCUT2D eigenvalue weighted by molar-refractivity contribution is -0.122. The van der Waals surface area contributed by atoms with Crippen molar-refractivity contribution in [1.82, 2.24) is 5.32 Å². The predicted molar refractivity (Wildman–Crippen MR) is 72.2 cm³/mol. The van der Waals surface area contributed by atoms with Crippen LogP contribution in [0.25, 0.3) is 0 Å². The maximum Gasteiger partial charge on any atom is 0.236 e. The van der Waals surface area contributed by atoms with Crippen molar-refractivity contribution >= 4 is 17.7 Å². The van der Waals surface area contributed by atoms with Gasteiger partial charge in [-0.3, -0.25) is 4.79 Å². The molecule has 0 saturated carbocycles. The number of carbonyl (C=O) groups is 1. The molecular formula is C12H24N2O2S. The molecule has 1 fully saturated rings. The van der Waals surface area contributed by atoms with Gasteiger partial charge in [-0.25, -0.2) is 0 Å². The molecule has 1 amide bonds. The highest BCUT2D eigenvalue weighted by Gasteiger charge is 2.17. The molecule has 0 aromatic heterocycles. The highest BCUT2D eigenvalue weighted by atomic mass is 32.2. The molecule has 4 nitrogen and oxygen atoms in total. The summed E-state index contributed by atoms with van der Waals surface area (Å²) >= 11 is 1.96. The van der Waals surface area contributed by atoms with Gasteiger partial charge in [0.15, 0.2) is 0 Å². The second-order valence-electron chi connectivity index (χ2n) is 4.48. The molecule has 1 aliphatic rings. The van der Waals surface area contributed by atoms with Gasteiger partial charge in [-0.05, 0) is 31.4 Å². The topological polar surface area (TPSA) is 64.3 Å². The van der Waals surface area contributed by atoms with Crippen LogP contribution in [0.3, 0.4) is 0 Å². The quantitative estimate of drug-likeness (QED) is 0.674. The molecule has 100 valence electrons. The minimum atomic E-state index is -0.390. The van der Waals surface area contributed by atoms with Crippen LogP contribution in [-0.4, -0.2) is 43.2 Å². The van der Waals surface area contributed by atoms with Crippen LogP contribution in [0.1, 0.15) is 32.1 Å². The summed E-state index contributed by atoms with van der Waals surface area (Å²) in [7, 11) is 1.66. The molecule has 0 spiro atoms. The van der Waals surface area contributed by atoms with Crippen LogP contribution in [-0.2, 0) is 9.53 Å². The van der Waals surface area contributed by atoms with Crippen LogP contribution >= 0.6 is 11.8 Å². The summed E-state index contributed by atoms with van der Waals surface area (Å²) in [5, 5.41) is 3.54. The van der Waals surface area contributed by atoms with Crippen LogP contribution in [0.4, 0.5) is 0 Å². The smallest absolute Gasteiger partial charge is 0.236 e. The average molecular weight is 260 g/mol. The Hall–Kier alpha value is -0.260. The van der Waals surface area contributed by atoms with E-state index in [9.17, 15) is 4.79 Å². The highest BCUT2D eigenvalue weighted by Crippen LogP contribution is 2.24. The Kier molecular flexibility index (Phi) is 7.64. The number of carbonyl (C=O) groups excluding carboxylic acids is 1. The van der Waals surface area contributed by atoms with E-state index in [4.69, 9.17) is 10.5 Å². The Balaban J connectivity index is 2.10. The Bertz CT molecular complexity index is 221. The fourth-order valence-corrected chi connectivity index (χ4v) is 3.13. The summed E-state index contributed by atoms with van der Waals surface area (Å²) in [6.45, 7) is 1.43. The first-order valence-corrected chi connectivity index (χ1v) is 7.42. The summed E-state index contributed by atoms with van der Waals surface area (Å²) in [5.74, 6) is 1.20. The number of ether oxygens (including phenoxy) is 1. The third kappa shape index (κ3) is 6.29. The van der Waals surface area contributed by atoms with E-state index in [1.807, 2.05) is 11.8 Å². The van der Waals surface area contributed by atoms with Crippen molar-refractivity contribution in [2.75, 3.05) is 26.0 Å². The minimum Gasteiger partial charge on any atom is -0.385 e. The fourth-order valence-electron chi connectivity index (χ4n) is 1.89. The maximum absolute atomic E-state index is 11.7. The SMILES string of the molecule is COCCCC(N)C(=O)NCC1CCCCS1. The van der Waals surface area contributed by atoms with Crippen LogP contribution in [0.5, 0.6) is 0 Å². The summed E-state index contributed by atoms with van der Waals surface area (Å²) in [6, 6.07) is -0.390. The van der Waals surface area contributed by atoms with Crippen molar-refractivity contribution in [1.29, 1.82) is 0 Å². The molecule has 0 bridgehead atoms. The Labute approximate surface area is 108 Å². The van der Waals surface area contributed by atoms with Gasteiger partial charge in [-0.1, -0.05) is 6.42 Å². The molecule has 0 aliphatic carbocycles. The molecule has 0 aromatic rings. The second kappa shape index (κ2) is 8.78. The molecule has 0 radical (unpaired) electrons. The highest BCUT2D eigenvalue weighted by molar-refractivity contribution is 7.99. The van der Waals surface area contributed by atoms with Gasteiger partial charge in [0, 0.05) is 25.5 Å². The summed E-state index contributed by atoms with van der Waals surface area (Å²) < 4.78 is 4.94. The molecule has 1 aliphatic heterocycles. The van der Waals surface area contributed by atoms with Crippen molar-refractivity contribution in [2.45, 2.75) is 43.4 Å². The van der Waals surface area contributed by atoms with E-state index in [0.717, 1.165) is 13.0 Å². The van der Waals surface area contributed by atoms with Gasteiger partial charge in [0.1, 0.15) is 0 Å². The van der Waals surface area contributed by atoms with E-state index in [2.05, 4.69) is 5.32 Å². The second-order valence-corrected chi connectivity index (χ2v) is 5.88. The standard InChI is InChI=1S/C12H24N2O2S/c1-16-7-4-6-11(13)12(15)14-9-10-5-2-3-8-17-10/h10-11H,2-9,13H2,1H3,(H,14,15). The van der Waals surface area contributed by atoms with Crippen molar-refractivity contribution in [2.24, 2.45) is 5.73 Å². The van der Waals surface area contributed by atoms with E-state index < -0.39 is 6.04 Å². The van der Waals surface area contributed by atoms with Gasteiger partial charge in [0.05, 0.1) is 6.04 Å². The lowest BCUT2D eigenvalue weighted by atomic mass is 10.1. The first-order valence-electron chi connectivity index (χ1n) is 6.38. The molecule has 1 heterocycles. The molecular weight excluding hydrogens is 236 g/mol. The molecule has 17 heavy (non-hydrogen) atoms. The fraction of sp³-hybridized carbons (Fsp3) is 0.917. The number of rotatable bonds is 7. The van der Waals surface area contributed by atoms with Gasteiger partial charge in [0.2, 0.25) is 5.91 Å². The first-order chi connectivity index (χ1) is 8.24. The molecule has 2 atom stereocenters. The zero-order chi connectivity index (χ0) is 12.5. The number of hydrogen-bond acceptors (Lipinski definition) is 4. The van der Waals surface area contributed by atoms with E-state index in [-0.39, 0.29) is 5.91 Å². The molecule has 3 N–H and O–H groups in total.